The monoisotopic (exact) mass is 249 g/mol. The lowest BCUT2D eigenvalue weighted by Gasteiger charge is -2.34. The Bertz CT molecular complexity index is 358. The van der Waals surface area contributed by atoms with Gasteiger partial charge in [-0.25, -0.2) is 0 Å². The molecule has 1 aromatic heterocycles. The van der Waals surface area contributed by atoms with Crippen molar-refractivity contribution in [1.29, 1.82) is 0 Å². The van der Waals surface area contributed by atoms with Crippen LogP contribution in [-0.4, -0.2) is 15.8 Å². The molecule has 1 fully saturated rings. The molecule has 0 amide bonds. The van der Waals surface area contributed by atoms with Gasteiger partial charge in [-0.2, -0.15) is 5.10 Å². The molecule has 0 bridgehead atoms. The van der Waals surface area contributed by atoms with E-state index in [1.807, 2.05) is 10.9 Å². The average Bonchev–Trinajstić information content (AvgIpc) is 2.76. The molecular weight excluding hydrogens is 222 g/mol. The topological polar surface area (TPSA) is 29.9 Å². The first-order valence-electron chi connectivity index (χ1n) is 7.34. The van der Waals surface area contributed by atoms with Crippen LogP contribution in [0.4, 0.5) is 0 Å². The minimum Gasteiger partial charge on any atom is -0.310 e. The predicted molar refractivity (Wildman–Crippen MR) is 75.4 cm³/mol. The zero-order valence-electron chi connectivity index (χ0n) is 12.1. The van der Waals surface area contributed by atoms with Gasteiger partial charge in [-0.3, -0.25) is 4.68 Å². The summed E-state index contributed by atoms with van der Waals surface area (Å²) in [7, 11) is 0. The van der Waals surface area contributed by atoms with Gasteiger partial charge in [0.05, 0.1) is 6.20 Å². The molecule has 3 heteroatoms. The molecule has 2 rings (SSSR count). The summed E-state index contributed by atoms with van der Waals surface area (Å²) in [6, 6.07) is 0.701. The van der Waals surface area contributed by atoms with Gasteiger partial charge in [0, 0.05) is 30.9 Å². The molecule has 18 heavy (non-hydrogen) atoms. The molecule has 1 aliphatic rings. The van der Waals surface area contributed by atoms with Crippen LogP contribution in [0.2, 0.25) is 0 Å². The second kappa shape index (κ2) is 5.87. The summed E-state index contributed by atoms with van der Waals surface area (Å²) in [5.74, 6) is 0. The highest BCUT2D eigenvalue weighted by atomic mass is 15.3. The van der Waals surface area contributed by atoms with Crippen molar-refractivity contribution in [2.24, 2.45) is 5.41 Å². The predicted octanol–water partition coefficient (Wildman–Crippen LogP) is 3.35. The third-order valence-electron chi connectivity index (χ3n) is 4.07. The quantitative estimate of drug-likeness (QED) is 0.867. The minimum absolute atomic E-state index is 0.560. The maximum absolute atomic E-state index is 4.37. The maximum atomic E-state index is 4.37. The average molecular weight is 249 g/mol. The lowest BCUT2D eigenvalue weighted by molar-refractivity contribution is 0.206. The molecule has 1 aromatic rings. The fourth-order valence-corrected chi connectivity index (χ4v) is 2.71. The maximum Gasteiger partial charge on any atom is 0.0534 e. The molecule has 3 nitrogen and oxygen atoms in total. The molecule has 0 radical (unpaired) electrons. The van der Waals surface area contributed by atoms with Crippen molar-refractivity contribution in [3.63, 3.8) is 0 Å². The van der Waals surface area contributed by atoms with Crippen molar-refractivity contribution in [3.05, 3.63) is 18.0 Å². The first-order valence-corrected chi connectivity index (χ1v) is 7.34. The van der Waals surface area contributed by atoms with E-state index in [4.69, 9.17) is 0 Å². The fourth-order valence-electron chi connectivity index (χ4n) is 2.71. The van der Waals surface area contributed by atoms with E-state index in [0.717, 1.165) is 19.5 Å². The van der Waals surface area contributed by atoms with Crippen LogP contribution in [-0.2, 0) is 13.1 Å². The van der Waals surface area contributed by atoms with Crippen LogP contribution >= 0.6 is 0 Å². The van der Waals surface area contributed by atoms with Crippen molar-refractivity contribution in [3.8, 4) is 0 Å². The van der Waals surface area contributed by atoms with E-state index in [0.29, 0.717) is 11.5 Å². The van der Waals surface area contributed by atoms with Gasteiger partial charge >= 0.3 is 0 Å². The highest BCUT2D eigenvalue weighted by molar-refractivity contribution is 5.03. The molecule has 0 atom stereocenters. The lowest BCUT2D eigenvalue weighted by Crippen LogP contribution is -2.35. The van der Waals surface area contributed by atoms with E-state index < -0.39 is 0 Å². The Morgan fingerprint density at radius 1 is 1.39 bits per heavy atom. The molecule has 0 saturated heterocycles. The van der Waals surface area contributed by atoms with Crippen molar-refractivity contribution in [1.82, 2.24) is 15.1 Å². The van der Waals surface area contributed by atoms with Crippen molar-refractivity contribution in [2.45, 2.75) is 72.0 Å². The van der Waals surface area contributed by atoms with E-state index in [-0.39, 0.29) is 0 Å². The van der Waals surface area contributed by atoms with Crippen molar-refractivity contribution >= 4 is 0 Å². The van der Waals surface area contributed by atoms with E-state index >= 15 is 0 Å². The second-order valence-electron chi connectivity index (χ2n) is 6.43. The Labute approximate surface area is 111 Å². The van der Waals surface area contributed by atoms with Crippen molar-refractivity contribution in [2.75, 3.05) is 0 Å². The van der Waals surface area contributed by atoms with Gasteiger partial charge in [0.15, 0.2) is 0 Å². The number of hydrogen-bond donors (Lipinski definition) is 1. The summed E-state index contributed by atoms with van der Waals surface area (Å²) in [5, 5.41) is 8.05. The molecule has 102 valence electrons. The van der Waals surface area contributed by atoms with Crippen LogP contribution in [0, 0.1) is 5.41 Å². The number of aromatic nitrogens is 2. The van der Waals surface area contributed by atoms with E-state index in [9.17, 15) is 0 Å². The molecule has 0 aromatic carbocycles. The summed E-state index contributed by atoms with van der Waals surface area (Å²) < 4.78 is 2.04. The summed E-state index contributed by atoms with van der Waals surface area (Å²) in [5.41, 5.74) is 1.87. The second-order valence-corrected chi connectivity index (χ2v) is 6.43. The molecule has 0 aliphatic heterocycles. The summed E-state index contributed by atoms with van der Waals surface area (Å²) in [6.07, 6.45) is 10.6. The van der Waals surface area contributed by atoms with Gasteiger partial charge in [0.2, 0.25) is 0 Å². The zero-order valence-corrected chi connectivity index (χ0v) is 12.1. The highest BCUT2D eigenvalue weighted by Gasteiger charge is 2.26. The molecule has 1 heterocycles. The first-order chi connectivity index (χ1) is 8.59. The third kappa shape index (κ3) is 3.84. The Hall–Kier alpha value is -0.830. The number of rotatable bonds is 5. The van der Waals surface area contributed by atoms with E-state index in [1.54, 1.807) is 0 Å². The highest BCUT2D eigenvalue weighted by Crippen LogP contribution is 2.34. The zero-order chi connectivity index (χ0) is 13.0. The minimum atomic E-state index is 0.560. The van der Waals surface area contributed by atoms with Crippen LogP contribution in [0.25, 0.3) is 0 Å². The fraction of sp³-hybridized carbons (Fsp3) is 0.800. The third-order valence-corrected chi connectivity index (χ3v) is 4.07. The van der Waals surface area contributed by atoms with Crippen LogP contribution in [0.5, 0.6) is 0 Å². The van der Waals surface area contributed by atoms with Crippen molar-refractivity contribution < 1.29 is 0 Å². The standard InChI is InChI=1S/C15H27N3/c1-4-9-18-12-13(11-17-18)10-16-14-5-7-15(2,3)8-6-14/h11-12,14,16H,4-10H2,1-3H3. The molecule has 0 unspecified atom stereocenters. The van der Waals surface area contributed by atoms with Crippen LogP contribution < -0.4 is 5.32 Å². The molecule has 1 aliphatic carbocycles. The van der Waals surface area contributed by atoms with Crippen LogP contribution in [0.1, 0.15) is 58.4 Å². The van der Waals surface area contributed by atoms with Gasteiger partial charge in [0.25, 0.3) is 0 Å². The number of aryl methyl sites for hydroxylation is 1. The summed E-state index contributed by atoms with van der Waals surface area (Å²) >= 11 is 0. The van der Waals surface area contributed by atoms with Gasteiger partial charge in [0.1, 0.15) is 0 Å². The Morgan fingerprint density at radius 3 is 2.78 bits per heavy atom. The van der Waals surface area contributed by atoms with E-state index in [2.05, 4.69) is 37.4 Å². The molecule has 1 N–H and O–H groups in total. The normalized spacial score (nSPS) is 20.2. The van der Waals surface area contributed by atoms with Gasteiger partial charge in [-0.05, 0) is 37.5 Å². The SMILES string of the molecule is CCCn1cc(CNC2CCC(C)(C)CC2)cn1. The van der Waals surface area contributed by atoms with E-state index in [1.165, 1.54) is 31.2 Å². The number of nitrogens with zero attached hydrogens (tertiary/aromatic N) is 2. The molecular formula is C15H27N3. The molecule has 0 spiro atoms. The Morgan fingerprint density at radius 2 is 2.11 bits per heavy atom. The number of nitrogens with one attached hydrogen (secondary N) is 1. The number of hydrogen-bond acceptors (Lipinski definition) is 2. The lowest BCUT2D eigenvalue weighted by atomic mass is 9.75. The Kier molecular flexibility index (Phi) is 4.44. The Balaban J connectivity index is 1.74. The molecule has 1 saturated carbocycles. The van der Waals surface area contributed by atoms with Crippen LogP contribution in [0.3, 0.4) is 0 Å². The smallest absolute Gasteiger partial charge is 0.0534 e. The first kappa shape index (κ1) is 13.6. The summed E-state index contributed by atoms with van der Waals surface area (Å²) in [4.78, 5) is 0. The summed E-state index contributed by atoms with van der Waals surface area (Å²) in [6.45, 7) is 8.95. The largest absolute Gasteiger partial charge is 0.310 e. The van der Waals surface area contributed by atoms with Crippen LogP contribution in [0.15, 0.2) is 12.4 Å². The van der Waals surface area contributed by atoms with Gasteiger partial charge < -0.3 is 5.32 Å². The van der Waals surface area contributed by atoms with Gasteiger partial charge in [-0.1, -0.05) is 20.8 Å². The van der Waals surface area contributed by atoms with Gasteiger partial charge in [-0.15, -0.1) is 0 Å².